The summed E-state index contributed by atoms with van der Waals surface area (Å²) in [5, 5.41) is 3.95. The predicted octanol–water partition coefficient (Wildman–Crippen LogP) is 4.81. The molecular formula is C18H21ClIN3. The Hall–Kier alpha value is -1.27. The molecule has 0 aromatic heterocycles. The Morgan fingerprint density at radius 1 is 1.09 bits per heavy atom. The van der Waals surface area contributed by atoms with Crippen molar-refractivity contribution in [3.05, 3.63) is 65.2 Å². The van der Waals surface area contributed by atoms with Crippen LogP contribution in [-0.2, 0) is 5.41 Å². The number of nitrogens with two attached hydrogens (primary N) is 1. The zero-order chi connectivity index (χ0) is 15.4. The lowest BCUT2D eigenvalue weighted by Gasteiger charge is -2.41. The lowest BCUT2D eigenvalue weighted by molar-refractivity contribution is 0.254. The van der Waals surface area contributed by atoms with E-state index in [1.807, 2.05) is 48.5 Å². The fraction of sp³-hybridized carbons (Fsp3) is 0.278. The van der Waals surface area contributed by atoms with E-state index in [-0.39, 0.29) is 29.4 Å². The molecular weight excluding hydrogens is 421 g/mol. The second-order valence-electron chi connectivity index (χ2n) is 5.81. The first-order chi connectivity index (χ1) is 10.7. The van der Waals surface area contributed by atoms with Crippen molar-refractivity contribution in [3.63, 3.8) is 0 Å². The third-order valence-electron chi connectivity index (χ3n) is 4.35. The molecule has 1 aliphatic carbocycles. The number of benzene rings is 2. The van der Waals surface area contributed by atoms with Gasteiger partial charge in [-0.3, -0.25) is 4.99 Å². The Morgan fingerprint density at radius 3 is 2.35 bits per heavy atom. The van der Waals surface area contributed by atoms with Gasteiger partial charge < -0.3 is 11.1 Å². The van der Waals surface area contributed by atoms with Crippen molar-refractivity contribution in [3.8, 4) is 0 Å². The first kappa shape index (κ1) is 18.1. The van der Waals surface area contributed by atoms with Crippen molar-refractivity contribution < 1.29 is 0 Å². The van der Waals surface area contributed by atoms with E-state index in [1.165, 1.54) is 12.0 Å². The summed E-state index contributed by atoms with van der Waals surface area (Å²) in [5.74, 6) is 0.449. The summed E-state index contributed by atoms with van der Waals surface area (Å²) in [4.78, 5) is 4.56. The van der Waals surface area contributed by atoms with E-state index >= 15 is 0 Å². The molecule has 23 heavy (non-hydrogen) atoms. The Bertz CT molecular complexity index is 669. The second-order valence-corrected chi connectivity index (χ2v) is 6.21. The number of guanidine groups is 1. The van der Waals surface area contributed by atoms with Crippen LogP contribution in [0.1, 0.15) is 24.8 Å². The van der Waals surface area contributed by atoms with Gasteiger partial charge in [0.1, 0.15) is 0 Å². The molecule has 0 aliphatic heterocycles. The molecule has 1 fully saturated rings. The molecule has 1 aliphatic rings. The van der Waals surface area contributed by atoms with Gasteiger partial charge in [-0.1, -0.05) is 54.4 Å². The predicted molar refractivity (Wildman–Crippen MR) is 109 cm³/mol. The first-order valence-electron chi connectivity index (χ1n) is 7.57. The molecule has 0 unspecified atom stereocenters. The monoisotopic (exact) mass is 441 g/mol. The number of anilines is 1. The number of aliphatic imine (C=N–C) groups is 1. The summed E-state index contributed by atoms with van der Waals surface area (Å²) in [5.41, 5.74) is 8.20. The molecule has 122 valence electrons. The molecule has 3 N–H and O–H groups in total. The van der Waals surface area contributed by atoms with Crippen LogP contribution < -0.4 is 11.1 Å². The van der Waals surface area contributed by atoms with Crippen molar-refractivity contribution >= 4 is 47.2 Å². The van der Waals surface area contributed by atoms with Gasteiger partial charge in [-0.15, -0.1) is 24.0 Å². The van der Waals surface area contributed by atoms with E-state index in [2.05, 4.69) is 16.4 Å². The van der Waals surface area contributed by atoms with Gasteiger partial charge in [0.05, 0.1) is 6.54 Å². The fourth-order valence-electron chi connectivity index (χ4n) is 2.95. The van der Waals surface area contributed by atoms with Gasteiger partial charge in [0.2, 0.25) is 0 Å². The quantitative estimate of drug-likeness (QED) is 0.406. The number of nitrogens with zero attached hydrogens (tertiary/aromatic N) is 1. The van der Waals surface area contributed by atoms with Crippen LogP contribution in [-0.4, -0.2) is 12.5 Å². The molecule has 1 saturated carbocycles. The lowest BCUT2D eigenvalue weighted by Crippen LogP contribution is -2.39. The molecule has 2 aromatic rings. The highest BCUT2D eigenvalue weighted by atomic mass is 127. The SMILES string of the molecule is I.NC(=NCC1(c2ccccc2Cl)CCC1)Nc1ccccc1. The molecule has 0 heterocycles. The molecule has 0 amide bonds. The van der Waals surface area contributed by atoms with Gasteiger partial charge in [-0.05, 0) is 36.6 Å². The third kappa shape index (κ3) is 4.18. The number of para-hydroxylation sites is 1. The summed E-state index contributed by atoms with van der Waals surface area (Å²) in [6.45, 7) is 0.669. The van der Waals surface area contributed by atoms with Crippen molar-refractivity contribution in [2.45, 2.75) is 24.7 Å². The van der Waals surface area contributed by atoms with Gasteiger partial charge in [-0.2, -0.15) is 0 Å². The summed E-state index contributed by atoms with van der Waals surface area (Å²) in [6, 6.07) is 17.9. The molecule has 3 nitrogen and oxygen atoms in total. The van der Waals surface area contributed by atoms with Crippen LogP contribution in [0.4, 0.5) is 5.69 Å². The second kappa shape index (κ2) is 8.02. The molecule has 0 bridgehead atoms. The van der Waals surface area contributed by atoms with Gasteiger partial charge in [-0.25, -0.2) is 0 Å². The molecule has 0 radical (unpaired) electrons. The smallest absolute Gasteiger partial charge is 0.193 e. The van der Waals surface area contributed by atoms with Gasteiger partial charge in [0.15, 0.2) is 5.96 Å². The van der Waals surface area contributed by atoms with Crippen molar-refractivity contribution in [1.29, 1.82) is 0 Å². The summed E-state index contributed by atoms with van der Waals surface area (Å²) in [6.07, 6.45) is 3.43. The van der Waals surface area contributed by atoms with E-state index in [1.54, 1.807) is 0 Å². The van der Waals surface area contributed by atoms with Crippen LogP contribution >= 0.6 is 35.6 Å². The molecule has 0 spiro atoms. The van der Waals surface area contributed by atoms with E-state index in [4.69, 9.17) is 17.3 Å². The van der Waals surface area contributed by atoms with Gasteiger partial charge >= 0.3 is 0 Å². The molecule has 2 aromatic carbocycles. The van der Waals surface area contributed by atoms with Crippen LogP contribution in [0, 0.1) is 0 Å². The minimum absolute atomic E-state index is 0. The zero-order valence-electron chi connectivity index (χ0n) is 12.8. The molecule has 3 rings (SSSR count). The summed E-state index contributed by atoms with van der Waals surface area (Å²) >= 11 is 6.37. The first-order valence-corrected chi connectivity index (χ1v) is 7.94. The largest absolute Gasteiger partial charge is 0.370 e. The van der Waals surface area contributed by atoms with Crippen LogP contribution in [0.2, 0.25) is 5.02 Å². The normalized spacial score (nSPS) is 16.1. The average molecular weight is 442 g/mol. The maximum Gasteiger partial charge on any atom is 0.193 e. The Labute approximate surface area is 159 Å². The number of halogens is 2. The Kier molecular flexibility index (Phi) is 6.30. The maximum atomic E-state index is 6.37. The van der Waals surface area contributed by atoms with Gasteiger partial charge in [0.25, 0.3) is 0 Å². The van der Waals surface area contributed by atoms with E-state index in [0.29, 0.717) is 12.5 Å². The summed E-state index contributed by atoms with van der Waals surface area (Å²) < 4.78 is 0. The average Bonchev–Trinajstić information content (AvgIpc) is 2.49. The fourth-order valence-corrected chi connectivity index (χ4v) is 3.29. The topological polar surface area (TPSA) is 50.4 Å². The zero-order valence-corrected chi connectivity index (χ0v) is 15.9. The van der Waals surface area contributed by atoms with E-state index in [9.17, 15) is 0 Å². The van der Waals surface area contributed by atoms with Crippen molar-refractivity contribution in [2.24, 2.45) is 10.7 Å². The molecule has 5 heteroatoms. The highest BCUT2D eigenvalue weighted by Gasteiger charge is 2.39. The molecule has 0 atom stereocenters. The van der Waals surface area contributed by atoms with Crippen LogP contribution in [0.15, 0.2) is 59.6 Å². The van der Waals surface area contributed by atoms with Crippen LogP contribution in [0.3, 0.4) is 0 Å². The standard InChI is InChI=1S/C18H20ClN3.HI/c19-16-10-5-4-9-15(16)18(11-6-12-18)13-21-17(20)22-14-7-2-1-3-8-14;/h1-5,7-10H,6,11-13H2,(H3,20,21,22);1H. The highest BCUT2D eigenvalue weighted by molar-refractivity contribution is 14.0. The Morgan fingerprint density at radius 2 is 1.74 bits per heavy atom. The number of rotatable bonds is 4. The van der Waals surface area contributed by atoms with Crippen molar-refractivity contribution in [2.75, 3.05) is 11.9 Å². The maximum absolute atomic E-state index is 6.37. The molecule has 0 saturated heterocycles. The van der Waals surface area contributed by atoms with Crippen LogP contribution in [0.5, 0.6) is 0 Å². The van der Waals surface area contributed by atoms with Crippen LogP contribution in [0.25, 0.3) is 0 Å². The summed E-state index contributed by atoms with van der Waals surface area (Å²) in [7, 11) is 0. The minimum atomic E-state index is 0. The highest BCUT2D eigenvalue weighted by Crippen LogP contribution is 2.46. The number of hydrogen-bond acceptors (Lipinski definition) is 1. The van der Waals surface area contributed by atoms with E-state index < -0.39 is 0 Å². The lowest BCUT2D eigenvalue weighted by atomic mass is 9.64. The van der Waals surface area contributed by atoms with Gasteiger partial charge in [0, 0.05) is 16.1 Å². The number of hydrogen-bond donors (Lipinski definition) is 2. The van der Waals surface area contributed by atoms with Crippen molar-refractivity contribution in [1.82, 2.24) is 0 Å². The van der Waals surface area contributed by atoms with E-state index in [0.717, 1.165) is 23.6 Å². The Balaban J connectivity index is 0.00000192. The minimum Gasteiger partial charge on any atom is -0.370 e. The third-order valence-corrected chi connectivity index (χ3v) is 4.68. The number of nitrogens with one attached hydrogen (secondary N) is 1.